The second kappa shape index (κ2) is 8.17. The van der Waals surface area contributed by atoms with E-state index in [1.54, 1.807) is 67.7 Å². The van der Waals surface area contributed by atoms with Gasteiger partial charge in [0.2, 0.25) is 5.88 Å². The van der Waals surface area contributed by atoms with Crippen molar-refractivity contribution in [3.8, 4) is 17.4 Å². The Morgan fingerprint density at radius 1 is 1.04 bits per heavy atom. The van der Waals surface area contributed by atoms with Crippen LogP contribution in [0.4, 0.5) is 11.4 Å². The molecule has 0 N–H and O–H groups in total. The Bertz CT molecular complexity index is 988. The number of pyridine rings is 1. The van der Waals surface area contributed by atoms with Crippen LogP contribution in [0.2, 0.25) is 0 Å². The summed E-state index contributed by atoms with van der Waals surface area (Å²) in [6.45, 7) is 0. The molecule has 0 atom stereocenters. The van der Waals surface area contributed by atoms with Gasteiger partial charge in [0, 0.05) is 38.5 Å². The molecular weight excluding hydrogens is 362 g/mol. The zero-order chi connectivity index (χ0) is 20.1. The number of ether oxygens (including phenoxy) is 2. The number of carbonyl (C=O) groups is 1. The van der Waals surface area contributed by atoms with Gasteiger partial charge in [0.25, 0.3) is 5.69 Å². The molecule has 0 saturated carbocycles. The lowest BCUT2D eigenvalue weighted by Gasteiger charge is -2.16. The maximum atomic E-state index is 12.6. The van der Waals surface area contributed by atoms with Crippen molar-refractivity contribution in [3.05, 3.63) is 82.5 Å². The first-order valence-corrected chi connectivity index (χ1v) is 8.31. The van der Waals surface area contributed by atoms with E-state index in [9.17, 15) is 14.9 Å². The molecule has 142 valence electrons. The van der Waals surface area contributed by atoms with Gasteiger partial charge >= 0.3 is 5.97 Å². The van der Waals surface area contributed by atoms with E-state index in [0.717, 1.165) is 0 Å². The zero-order valence-corrected chi connectivity index (χ0v) is 15.2. The highest BCUT2D eigenvalue weighted by molar-refractivity contribution is 5.97. The summed E-state index contributed by atoms with van der Waals surface area (Å²) in [6.07, 6.45) is 1.62. The van der Waals surface area contributed by atoms with Crippen LogP contribution in [0.5, 0.6) is 17.4 Å². The molecule has 0 saturated heterocycles. The molecule has 1 heterocycles. The van der Waals surface area contributed by atoms with Gasteiger partial charge in [0.05, 0.1) is 16.2 Å². The van der Waals surface area contributed by atoms with Gasteiger partial charge in [-0.3, -0.25) is 10.1 Å². The molecule has 8 heteroatoms. The second-order valence-corrected chi connectivity index (χ2v) is 5.98. The number of hydrogen-bond acceptors (Lipinski definition) is 7. The normalized spacial score (nSPS) is 10.2. The molecule has 2 aromatic carbocycles. The standard InChI is InChI=1S/C20H17N3O5/c1-22(2)18-11-6-14(23(25)26)13-17(18)20(24)28-16-9-7-15(8-10-16)27-19-5-3-4-12-21-19/h3-13H,1-2H3. The van der Waals surface area contributed by atoms with Gasteiger partial charge in [-0.1, -0.05) is 6.07 Å². The SMILES string of the molecule is CN(C)c1ccc([N+](=O)[O-])cc1C(=O)Oc1ccc(Oc2ccccn2)cc1. The van der Waals surface area contributed by atoms with Crippen molar-refractivity contribution in [1.29, 1.82) is 0 Å². The molecule has 3 aromatic rings. The summed E-state index contributed by atoms with van der Waals surface area (Å²) in [5, 5.41) is 11.0. The summed E-state index contributed by atoms with van der Waals surface area (Å²) in [5.74, 6) is 0.572. The lowest BCUT2D eigenvalue weighted by Crippen LogP contribution is -2.17. The number of non-ortho nitro benzene ring substituents is 1. The van der Waals surface area contributed by atoms with Crippen LogP contribution in [0.15, 0.2) is 66.9 Å². The van der Waals surface area contributed by atoms with Crippen LogP contribution < -0.4 is 14.4 Å². The average molecular weight is 379 g/mol. The lowest BCUT2D eigenvalue weighted by molar-refractivity contribution is -0.384. The summed E-state index contributed by atoms with van der Waals surface area (Å²) in [5.41, 5.74) is 0.440. The summed E-state index contributed by atoms with van der Waals surface area (Å²) in [4.78, 5) is 28.8. The third kappa shape index (κ3) is 4.42. The number of anilines is 1. The number of esters is 1. The van der Waals surface area contributed by atoms with Crippen LogP contribution in [-0.4, -0.2) is 30.0 Å². The highest BCUT2D eigenvalue weighted by Crippen LogP contribution is 2.27. The van der Waals surface area contributed by atoms with Crippen molar-refractivity contribution >= 4 is 17.3 Å². The summed E-state index contributed by atoms with van der Waals surface area (Å²) < 4.78 is 11.0. The largest absolute Gasteiger partial charge is 0.439 e. The zero-order valence-electron chi connectivity index (χ0n) is 15.2. The molecule has 0 spiro atoms. The van der Waals surface area contributed by atoms with E-state index in [0.29, 0.717) is 17.3 Å². The van der Waals surface area contributed by atoms with Gasteiger partial charge in [0.15, 0.2) is 0 Å². The Hall–Kier alpha value is -3.94. The Kier molecular flexibility index (Phi) is 5.50. The molecule has 0 bridgehead atoms. The number of nitro groups is 1. The van der Waals surface area contributed by atoms with E-state index >= 15 is 0 Å². The van der Waals surface area contributed by atoms with Gasteiger partial charge < -0.3 is 14.4 Å². The van der Waals surface area contributed by atoms with Crippen molar-refractivity contribution in [2.45, 2.75) is 0 Å². The van der Waals surface area contributed by atoms with E-state index in [-0.39, 0.29) is 17.0 Å². The Labute approximate surface area is 161 Å². The first-order valence-electron chi connectivity index (χ1n) is 8.31. The van der Waals surface area contributed by atoms with Gasteiger partial charge in [0.1, 0.15) is 11.5 Å². The van der Waals surface area contributed by atoms with E-state index in [1.807, 2.05) is 0 Å². The van der Waals surface area contributed by atoms with Crippen molar-refractivity contribution in [1.82, 2.24) is 4.98 Å². The van der Waals surface area contributed by atoms with Crippen LogP contribution in [-0.2, 0) is 0 Å². The fourth-order valence-electron chi connectivity index (χ4n) is 2.46. The van der Waals surface area contributed by atoms with E-state index in [4.69, 9.17) is 9.47 Å². The third-order valence-corrected chi connectivity index (χ3v) is 3.79. The van der Waals surface area contributed by atoms with Crippen LogP contribution in [0, 0.1) is 10.1 Å². The molecule has 0 fully saturated rings. The molecule has 8 nitrogen and oxygen atoms in total. The summed E-state index contributed by atoms with van der Waals surface area (Å²) in [7, 11) is 3.48. The fourth-order valence-corrected chi connectivity index (χ4v) is 2.46. The molecule has 0 aliphatic carbocycles. The molecular formula is C20H17N3O5. The van der Waals surface area contributed by atoms with Crippen LogP contribution >= 0.6 is 0 Å². The monoisotopic (exact) mass is 379 g/mol. The van der Waals surface area contributed by atoms with Crippen molar-refractivity contribution in [2.75, 3.05) is 19.0 Å². The number of rotatable bonds is 6. The minimum Gasteiger partial charge on any atom is -0.439 e. The molecule has 1 aromatic heterocycles. The van der Waals surface area contributed by atoms with Gasteiger partial charge in [-0.05, 0) is 36.4 Å². The van der Waals surface area contributed by atoms with E-state index in [1.165, 1.54) is 18.2 Å². The molecule has 28 heavy (non-hydrogen) atoms. The number of nitro benzene ring substituents is 1. The first-order chi connectivity index (χ1) is 13.4. The van der Waals surface area contributed by atoms with Crippen molar-refractivity contribution in [3.63, 3.8) is 0 Å². The average Bonchev–Trinajstić information content (AvgIpc) is 2.69. The smallest absolute Gasteiger partial charge is 0.345 e. The minimum atomic E-state index is -0.689. The number of aromatic nitrogens is 1. The van der Waals surface area contributed by atoms with Crippen LogP contribution in [0.1, 0.15) is 10.4 Å². The van der Waals surface area contributed by atoms with Crippen LogP contribution in [0.25, 0.3) is 0 Å². The van der Waals surface area contributed by atoms with E-state index < -0.39 is 10.9 Å². The predicted molar refractivity (Wildman–Crippen MR) is 103 cm³/mol. The molecule has 0 unspecified atom stereocenters. The number of benzene rings is 2. The maximum absolute atomic E-state index is 12.6. The quantitative estimate of drug-likeness (QED) is 0.276. The molecule has 0 aliphatic rings. The van der Waals surface area contributed by atoms with Gasteiger partial charge in [-0.25, -0.2) is 9.78 Å². The molecule has 0 aliphatic heterocycles. The van der Waals surface area contributed by atoms with E-state index in [2.05, 4.69) is 4.98 Å². The number of nitrogens with zero attached hydrogens (tertiary/aromatic N) is 3. The molecule has 0 radical (unpaired) electrons. The van der Waals surface area contributed by atoms with Gasteiger partial charge in [-0.2, -0.15) is 0 Å². The van der Waals surface area contributed by atoms with Crippen molar-refractivity contribution in [2.24, 2.45) is 0 Å². The number of hydrogen-bond donors (Lipinski definition) is 0. The lowest BCUT2D eigenvalue weighted by atomic mass is 10.1. The second-order valence-electron chi connectivity index (χ2n) is 5.98. The predicted octanol–water partition coefficient (Wildman–Crippen LogP) is 4.07. The fraction of sp³-hybridized carbons (Fsp3) is 0.100. The Morgan fingerprint density at radius 3 is 2.36 bits per heavy atom. The number of carbonyl (C=O) groups excluding carboxylic acids is 1. The topological polar surface area (TPSA) is 94.8 Å². The highest BCUT2D eigenvalue weighted by atomic mass is 16.6. The van der Waals surface area contributed by atoms with Crippen LogP contribution in [0.3, 0.4) is 0 Å². The third-order valence-electron chi connectivity index (χ3n) is 3.79. The van der Waals surface area contributed by atoms with Gasteiger partial charge in [-0.15, -0.1) is 0 Å². The molecule has 3 rings (SSSR count). The summed E-state index contributed by atoms with van der Waals surface area (Å²) in [6, 6.07) is 15.8. The minimum absolute atomic E-state index is 0.105. The van der Waals surface area contributed by atoms with Crippen molar-refractivity contribution < 1.29 is 19.2 Å². The Morgan fingerprint density at radius 2 is 1.75 bits per heavy atom. The maximum Gasteiger partial charge on any atom is 0.345 e. The molecule has 0 amide bonds. The Balaban J connectivity index is 1.77. The first kappa shape index (κ1) is 18.8. The summed E-state index contributed by atoms with van der Waals surface area (Å²) >= 11 is 0. The highest BCUT2D eigenvalue weighted by Gasteiger charge is 2.19.